The van der Waals surface area contributed by atoms with Crippen LogP contribution in [0.2, 0.25) is 0 Å². The molecular formula is C11H12N6O2S. The van der Waals surface area contributed by atoms with Gasteiger partial charge >= 0.3 is 0 Å². The van der Waals surface area contributed by atoms with Crippen molar-refractivity contribution in [2.45, 2.75) is 4.90 Å². The molecule has 1 heterocycles. The van der Waals surface area contributed by atoms with Crippen molar-refractivity contribution in [3.05, 3.63) is 42.7 Å². The number of nitrogens with two attached hydrogens (primary N) is 2. The summed E-state index contributed by atoms with van der Waals surface area (Å²) in [5.41, 5.74) is 10.9. The van der Waals surface area contributed by atoms with E-state index in [-0.39, 0.29) is 16.8 Å². The second-order valence-corrected chi connectivity index (χ2v) is 5.39. The van der Waals surface area contributed by atoms with Gasteiger partial charge in [0.1, 0.15) is 0 Å². The van der Waals surface area contributed by atoms with Crippen molar-refractivity contribution in [1.82, 2.24) is 9.97 Å². The minimum atomic E-state index is -3.74. The first kappa shape index (κ1) is 13.7. The molecule has 1 aromatic carbocycles. The molecule has 104 valence electrons. The van der Waals surface area contributed by atoms with Crippen molar-refractivity contribution in [2.24, 2.45) is 16.5 Å². The molecule has 0 spiro atoms. The minimum absolute atomic E-state index is 0.000741. The Morgan fingerprint density at radius 2 is 1.70 bits per heavy atom. The number of nitrogens with zero attached hydrogens (tertiary/aromatic N) is 3. The van der Waals surface area contributed by atoms with E-state index in [4.69, 9.17) is 11.5 Å². The highest BCUT2D eigenvalue weighted by molar-refractivity contribution is 7.92. The van der Waals surface area contributed by atoms with Crippen LogP contribution in [0.15, 0.2) is 52.6 Å². The molecule has 20 heavy (non-hydrogen) atoms. The average Bonchev–Trinajstić information content (AvgIpc) is 2.39. The summed E-state index contributed by atoms with van der Waals surface area (Å²) < 4.78 is 26.4. The van der Waals surface area contributed by atoms with Gasteiger partial charge in [-0.05, 0) is 30.3 Å². The summed E-state index contributed by atoms with van der Waals surface area (Å²) in [7, 11) is -3.74. The summed E-state index contributed by atoms with van der Waals surface area (Å²) in [4.78, 5) is 11.4. The van der Waals surface area contributed by atoms with Crippen molar-refractivity contribution in [3.63, 3.8) is 0 Å². The highest BCUT2D eigenvalue weighted by atomic mass is 32.2. The molecule has 0 aliphatic heterocycles. The molecule has 2 aromatic rings. The maximum Gasteiger partial charge on any atom is 0.264 e. The minimum Gasteiger partial charge on any atom is -0.370 e. The van der Waals surface area contributed by atoms with Gasteiger partial charge in [-0.3, -0.25) is 0 Å². The first-order chi connectivity index (χ1) is 9.47. The van der Waals surface area contributed by atoms with Crippen LogP contribution in [-0.2, 0) is 10.0 Å². The van der Waals surface area contributed by atoms with Crippen molar-refractivity contribution >= 4 is 27.6 Å². The number of sulfonamides is 1. The first-order valence-electron chi connectivity index (χ1n) is 5.47. The molecule has 0 amide bonds. The summed E-state index contributed by atoms with van der Waals surface area (Å²) >= 11 is 0. The molecule has 1 aromatic heterocycles. The van der Waals surface area contributed by atoms with Crippen molar-refractivity contribution in [3.8, 4) is 0 Å². The summed E-state index contributed by atoms with van der Waals surface area (Å²) in [5, 5.41) is 0. The molecule has 0 aliphatic rings. The maximum atomic E-state index is 12.1. The molecule has 0 aliphatic carbocycles. The molecule has 0 fully saturated rings. The fourth-order valence-electron chi connectivity index (χ4n) is 1.38. The third-order valence-electron chi connectivity index (χ3n) is 2.20. The van der Waals surface area contributed by atoms with Crippen LogP contribution < -0.4 is 16.2 Å². The second kappa shape index (κ2) is 5.53. The highest BCUT2D eigenvalue weighted by Gasteiger charge is 2.15. The van der Waals surface area contributed by atoms with Crippen molar-refractivity contribution in [1.29, 1.82) is 0 Å². The van der Waals surface area contributed by atoms with Gasteiger partial charge in [-0.15, -0.1) is 0 Å². The predicted molar refractivity (Wildman–Crippen MR) is 74.8 cm³/mol. The molecule has 5 N–H and O–H groups in total. The number of benzene rings is 1. The molecule has 0 unspecified atom stereocenters. The van der Waals surface area contributed by atoms with E-state index in [0.717, 1.165) is 0 Å². The van der Waals surface area contributed by atoms with Crippen LogP contribution in [0.25, 0.3) is 0 Å². The van der Waals surface area contributed by atoms with E-state index in [0.29, 0.717) is 5.69 Å². The zero-order chi connectivity index (χ0) is 14.6. The Hall–Kier alpha value is -2.68. The molecule has 2 rings (SSSR count). The van der Waals surface area contributed by atoms with Crippen molar-refractivity contribution in [2.75, 3.05) is 4.72 Å². The Bertz CT molecular complexity index is 708. The molecule has 0 saturated heterocycles. The summed E-state index contributed by atoms with van der Waals surface area (Å²) in [5.74, 6) is -0.0998. The highest BCUT2D eigenvalue weighted by Crippen LogP contribution is 2.17. The number of guanidine groups is 1. The lowest BCUT2D eigenvalue weighted by atomic mass is 10.3. The number of hydrogen-bond donors (Lipinski definition) is 3. The van der Waals surface area contributed by atoms with E-state index < -0.39 is 10.0 Å². The van der Waals surface area contributed by atoms with Gasteiger partial charge in [0.05, 0.1) is 10.6 Å². The van der Waals surface area contributed by atoms with Crippen LogP contribution >= 0.6 is 0 Å². The first-order valence-corrected chi connectivity index (χ1v) is 6.95. The van der Waals surface area contributed by atoms with Crippen LogP contribution in [0.1, 0.15) is 0 Å². The Labute approximate surface area is 115 Å². The Morgan fingerprint density at radius 3 is 2.25 bits per heavy atom. The van der Waals surface area contributed by atoms with Crippen LogP contribution in [0, 0.1) is 0 Å². The number of aromatic nitrogens is 2. The summed E-state index contributed by atoms with van der Waals surface area (Å²) in [6, 6.07) is 7.32. The van der Waals surface area contributed by atoms with Gasteiger partial charge in [0.25, 0.3) is 10.0 Å². The molecule has 0 bridgehead atoms. The fraction of sp³-hybridized carbons (Fsp3) is 0. The number of aliphatic imine (C=N–C) groups is 1. The molecule has 9 heteroatoms. The van der Waals surface area contributed by atoms with Gasteiger partial charge in [-0.25, -0.2) is 28.1 Å². The SMILES string of the molecule is NC(N)=Nc1ccc(S(=O)(=O)Nc2ncccn2)cc1. The van der Waals surface area contributed by atoms with E-state index in [1.807, 2.05) is 0 Å². The van der Waals surface area contributed by atoms with Crippen LogP contribution in [0.3, 0.4) is 0 Å². The number of anilines is 1. The maximum absolute atomic E-state index is 12.1. The number of rotatable bonds is 4. The van der Waals surface area contributed by atoms with Crippen LogP contribution in [-0.4, -0.2) is 24.3 Å². The number of nitrogens with one attached hydrogen (secondary N) is 1. The van der Waals surface area contributed by atoms with E-state index in [9.17, 15) is 8.42 Å². The lowest BCUT2D eigenvalue weighted by Gasteiger charge is -2.06. The normalized spacial score (nSPS) is 10.8. The predicted octanol–water partition coefficient (Wildman–Crippen LogP) is 0.182. The summed E-state index contributed by atoms with van der Waals surface area (Å²) in [6.07, 6.45) is 2.87. The zero-order valence-electron chi connectivity index (χ0n) is 10.3. The lowest BCUT2D eigenvalue weighted by molar-refractivity contribution is 0.601. The van der Waals surface area contributed by atoms with Gasteiger partial charge in [0.2, 0.25) is 5.95 Å². The molecular weight excluding hydrogens is 280 g/mol. The zero-order valence-corrected chi connectivity index (χ0v) is 11.1. The molecule has 0 saturated carbocycles. The monoisotopic (exact) mass is 292 g/mol. The summed E-state index contributed by atoms with van der Waals surface area (Å²) in [6.45, 7) is 0. The van der Waals surface area contributed by atoms with Crippen molar-refractivity contribution < 1.29 is 8.42 Å². The average molecular weight is 292 g/mol. The van der Waals surface area contributed by atoms with E-state index in [1.165, 1.54) is 36.7 Å². The van der Waals surface area contributed by atoms with Gasteiger partial charge in [-0.2, -0.15) is 0 Å². The number of hydrogen-bond acceptors (Lipinski definition) is 5. The van der Waals surface area contributed by atoms with Gasteiger partial charge < -0.3 is 11.5 Å². The third kappa shape index (κ3) is 3.42. The lowest BCUT2D eigenvalue weighted by Crippen LogP contribution is -2.21. The molecule has 0 radical (unpaired) electrons. The quantitative estimate of drug-likeness (QED) is 0.543. The van der Waals surface area contributed by atoms with Gasteiger partial charge in [0.15, 0.2) is 5.96 Å². The Balaban J connectivity index is 2.24. The topological polar surface area (TPSA) is 136 Å². The Morgan fingerprint density at radius 1 is 1.10 bits per heavy atom. The third-order valence-corrected chi connectivity index (χ3v) is 3.54. The fourth-order valence-corrected chi connectivity index (χ4v) is 2.34. The van der Waals surface area contributed by atoms with Gasteiger partial charge in [0, 0.05) is 12.4 Å². The largest absolute Gasteiger partial charge is 0.370 e. The van der Waals surface area contributed by atoms with Gasteiger partial charge in [-0.1, -0.05) is 0 Å². The Kier molecular flexibility index (Phi) is 3.80. The van der Waals surface area contributed by atoms with E-state index >= 15 is 0 Å². The van der Waals surface area contributed by atoms with E-state index in [2.05, 4.69) is 19.7 Å². The molecule has 0 atom stereocenters. The molecule has 8 nitrogen and oxygen atoms in total. The standard InChI is InChI=1S/C11H12N6O2S/c12-10(13)16-8-2-4-9(5-3-8)20(18,19)17-11-14-6-1-7-15-11/h1-7H,(H4,12,13,16)(H,14,15,17). The second-order valence-electron chi connectivity index (χ2n) is 3.71. The van der Waals surface area contributed by atoms with Crippen LogP contribution in [0.5, 0.6) is 0 Å². The van der Waals surface area contributed by atoms with Crippen LogP contribution in [0.4, 0.5) is 11.6 Å². The van der Waals surface area contributed by atoms with E-state index in [1.54, 1.807) is 6.07 Å². The smallest absolute Gasteiger partial charge is 0.264 e.